The monoisotopic (exact) mass is 257 g/mol. The van der Waals surface area contributed by atoms with Crippen molar-refractivity contribution in [3.05, 3.63) is 29.8 Å². The fourth-order valence-electron chi connectivity index (χ4n) is 1.74. The zero-order valence-electron chi connectivity index (χ0n) is 9.62. The number of benzene rings is 1. The van der Waals surface area contributed by atoms with Crippen LogP contribution in [0.4, 0.5) is 8.78 Å². The van der Waals surface area contributed by atoms with Gasteiger partial charge in [-0.25, -0.2) is 4.99 Å². The summed E-state index contributed by atoms with van der Waals surface area (Å²) in [7, 11) is 1.62. The Morgan fingerprint density at radius 1 is 1.39 bits per heavy atom. The summed E-state index contributed by atoms with van der Waals surface area (Å²) in [4.78, 5) is 5.53. The van der Waals surface area contributed by atoms with Crippen molar-refractivity contribution in [1.29, 1.82) is 0 Å². The van der Waals surface area contributed by atoms with Gasteiger partial charge in [0.25, 0.3) is 0 Å². The van der Waals surface area contributed by atoms with Gasteiger partial charge in [0.1, 0.15) is 11.8 Å². The van der Waals surface area contributed by atoms with Crippen LogP contribution < -0.4 is 10.5 Å². The maximum atomic E-state index is 12.0. The van der Waals surface area contributed by atoms with Crippen molar-refractivity contribution >= 4 is 5.96 Å². The van der Waals surface area contributed by atoms with Crippen molar-refractivity contribution < 1.29 is 18.6 Å². The summed E-state index contributed by atoms with van der Waals surface area (Å²) in [6.45, 7) is -2.85. The SMILES string of the molecule is CN1C(N)=N[C@H](c2ccc(OC(F)F)cc2)C1O. The standard InChI is InChI=1S/C11H13F2N3O2/c1-16-9(17)8(15-11(16)14)6-2-4-7(5-3-6)18-10(12)13/h2-5,8-10,17H,1H3,(H2,14,15)/t8-,9?/m1/s1. The Balaban J connectivity index is 2.15. The number of alkyl halides is 2. The van der Waals surface area contributed by atoms with E-state index in [0.717, 1.165) is 0 Å². The lowest BCUT2D eigenvalue weighted by Gasteiger charge is -2.20. The highest BCUT2D eigenvalue weighted by atomic mass is 19.3. The molecule has 0 radical (unpaired) electrons. The largest absolute Gasteiger partial charge is 0.435 e. The number of aliphatic hydroxyl groups is 1. The number of nitrogens with zero attached hydrogens (tertiary/aromatic N) is 2. The van der Waals surface area contributed by atoms with E-state index in [1.165, 1.54) is 17.0 Å². The van der Waals surface area contributed by atoms with Gasteiger partial charge < -0.3 is 20.5 Å². The van der Waals surface area contributed by atoms with Crippen molar-refractivity contribution in [3.63, 3.8) is 0 Å². The average molecular weight is 257 g/mol. The molecule has 0 spiro atoms. The number of aliphatic imine (C=N–C) groups is 1. The first-order valence-electron chi connectivity index (χ1n) is 5.28. The summed E-state index contributed by atoms with van der Waals surface area (Å²) < 4.78 is 28.2. The van der Waals surface area contributed by atoms with Gasteiger partial charge in [-0.1, -0.05) is 12.1 Å². The van der Waals surface area contributed by atoms with Gasteiger partial charge in [0.05, 0.1) is 0 Å². The minimum atomic E-state index is -2.85. The molecule has 0 aliphatic carbocycles. The lowest BCUT2D eigenvalue weighted by molar-refractivity contribution is -0.0498. The van der Waals surface area contributed by atoms with E-state index in [2.05, 4.69) is 9.73 Å². The normalized spacial score (nSPS) is 23.4. The first kappa shape index (κ1) is 12.6. The highest BCUT2D eigenvalue weighted by molar-refractivity contribution is 5.80. The Morgan fingerprint density at radius 2 is 2.00 bits per heavy atom. The van der Waals surface area contributed by atoms with Gasteiger partial charge in [-0.05, 0) is 17.7 Å². The summed E-state index contributed by atoms with van der Waals surface area (Å²) >= 11 is 0. The van der Waals surface area contributed by atoms with Gasteiger partial charge >= 0.3 is 6.61 Å². The van der Waals surface area contributed by atoms with Crippen LogP contribution in [0, 0.1) is 0 Å². The van der Waals surface area contributed by atoms with Gasteiger partial charge in [-0.3, -0.25) is 0 Å². The number of hydrogen-bond donors (Lipinski definition) is 2. The van der Waals surface area contributed by atoms with Crippen LogP contribution in [-0.2, 0) is 0 Å². The van der Waals surface area contributed by atoms with E-state index in [9.17, 15) is 13.9 Å². The molecule has 0 saturated carbocycles. The van der Waals surface area contributed by atoms with Crippen LogP contribution in [0.5, 0.6) is 5.75 Å². The molecular weight excluding hydrogens is 244 g/mol. The molecule has 0 bridgehead atoms. The molecule has 1 aliphatic rings. The van der Waals surface area contributed by atoms with Gasteiger partial charge in [-0.2, -0.15) is 8.78 Å². The minimum Gasteiger partial charge on any atom is -0.435 e. The van der Waals surface area contributed by atoms with Crippen molar-refractivity contribution in [2.75, 3.05) is 7.05 Å². The number of rotatable bonds is 3. The molecule has 2 atom stereocenters. The van der Waals surface area contributed by atoms with E-state index in [-0.39, 0.29) is 11.7 Å². The molecule has 0 amide bonds. The first-order chi connectivity index (χ1) is 8.49. The number of nitrogens with two attached hydrogens (primary N) is 1. The third-order valence-corrected chi connectivity index (χ3v) is 2.76. The third kappa shape index (κ3) is 2.35. The van der Waals surface area contributed by atoms with Crippen LogP contribution in [-0.4, -0.2) is 35.9 Å². The maximum Gasteiger partial charge on any atom is 0.387 e. The molecule has 1 heterocycles. The Hall–Kier alpha value is -1.89. The molecule has 18 heavy (non-hydrogen) atoms. The zero-order chi connectivity index (χ0) is 13.3. The minimum absolute atomic E-state index is 0.0616. The van der Waals surface area contributed by atoms with Crippen molar-refractivity contribution in [3.8, 4) is 5.75 Å². The average Bonchev–Trinajstić information content (AvgIpc) is 2.57. The fourth-order valence-corrected chi connectivity index (χ4v) is 1.74. The molecule has 1 aliphatic heterocycles. The van der Waals surface area contributed by atoms with E-state index < -0.39 is 18.9 Å². The van der Waals surface area contributed by atoms with E-state index in [4.69, 9.17) is 5.73 Å². The number of likely N-dealkylation sites (N-methyl/N-ethyl adjacent to an activating group) is 1. The van der Waals surface area contributed by atoms with Crippen LogP contribution >= 0.6 is 0 Å². The highest BCUT2D eigenvalue weighted by Gasteiger charge is 2.31. The lowest BCUT2D eigenvalue weighted by Crippen LogP contribution is -2.37. The van der Waals surface area contributed by atoms with Gasteiger partial charge in [0.15, 0.2) is 12.2 Å². The van der Waals surface area contributed by atoms with Gasteiger partial charge in [-0.15, -0.1) is 0 Å². The van der Waals surface area contributed by atoms with Crippen molar-refractivity contribution in [2.24, 2.45) is 10.7 Å². The Bertz CT molecular complexity index is 450. The van der Waals surface area contributed by atoms with Crippen LogP contribution in [0.1, 0.15) is 11.6 Å². The molecule has 1 aromatic carbocycles. The molecule has 3 N–H and O–H groups in total. The van der Waals surface area contributed by atoms with Crippen molar-refractivity contribution in [1.82, 2.24) is 4.90 Å². The molecule has 2 rings (SSSR count). The molecular formula is C11H13F2N3O2. The molecule has 98 valence electrons. The first-order valence-corrected chi connectivity index (χ1v) is 5.28. The second-order valence-corrected chi connectivity index (χ2v) is 3.90. The molecule has 1 unspecified atom stereocenters. The summed E-state index contributed by atoms with van der Waals surface area (Å²) in [5, 5.41) is 9.88. The van der Waals surface area contributed by atoms with E-state index >= 15 is 0 Å². The Kier molecular flexibility index (Phi) is 3.33. The van der Waals surface area contributed by atoms with Crippen LogP contribution in [0.3, 0.4) is 0 Å². The molecule has 0 saturated heterocycles. The van der Waals surface area contributed by atoms with Gasteiger partial charge in [0.2, 0.25) is 0 Å². The molecule has 0 fully saturated rings. The topological polar surface area (TPSA) is 71.1 Å². The summed E-state index contributed by atoms with van der Waals surface area (Å²) in [6.07, 6.45) is -0.855. The maximum absolute atomic E-state index is 12.0. The second-order valence-electron chi connectivity index (χ2n) is 3.90. The Labute approximate surface area is 102 Å². The number of ether oxygens (including phenoxy) is 1. The Morgan fingerprint density at radius 3 is 2.44 bits per heavy atom. The number of guanidine groups is 1. The van der Waals surface area contributed by atoms with Crippen LogP contribution in [0.2, 0.25) is 0 Å². The third-order valence-electron chi connectivity index (χ3n) is 2.76. The van der Waals surface area contributed by atoms with Gasteiger partial charge in [0, 0.05) is 7.05 Å². The van der Waals surface area contributed by atoms with Crippen molar-refractivity contribution in [2.45, 2.75) is 18.9 Å². The zero-order valence-corrected chi connectivity index (χ0v) is 9.62. The lowest BCUT2D eigenvalue weighted by atomic mass is 10.1. The number of aliphatic hydroxyl groups excluding tert-OH is 1. The molecule has 1 aromatic rings. The summed E-state index contributed by atoms with van der Waals surface area (Å²) in [5.74, 6) is 0.298. The smallest absolute Gasteiger partial charge is 0.387 e. The van der Waals surface area contributed by atoms with Crippen LogP contribution in [0.25, 0.3) is 0 Å². The molecule has 0 aromatic heterocycles. The quantitative estimate of drug-likeness (QED) is 0.844. The van der Waals surface area contributed by atoms with Crippen LogP contribution in [0.15, 0.2) is 29.3 Å². The second kappa shape index (κ2) is 4.77. The van der Waals surface area contributed by atoms with E-state index in [0.29, 0.717) is 5.56 Å². The van der Waals surface area contributed by atoms with E-state index in [1.54, 1.807) is 19.2 Å². The van der Waals surface area contributed by atoms with E-state index in [1.807, 2.05) is 0 Å². The fraction of sp³-hybridized carbons (Fsp3) is 0.364. The predicted octanol–water partition coefficient (Wildman–Crippen LogP) is 0.908. The summed E-state index contributed by atoms with van der Waals surface area (Å²) in [6, 6.07) is 5.43. The number of halogens is 2. The molecule has 5 nitrogen and oxygen atoms in total. The number of hydrogen-bond acceptors (Lipinski definition) is 5. The highest BCUT2D eigenvalue weighted by Crippen LogP contribution is 2.29. The molecule has 7 heteroatoms. The summed E-state index contributed by atoms with van der Waals surface area (Å²) in [5.41, 5.74) is 6.26. The predicted molar refractivity (Wildman–Crippen MR) is 61.2 cm³/mol.